The second kappa shape index (κ2) is 42.5. The molecule has 9 heterocycles. The third-order valence-corrected chi connectivity index (χ3v) is 25.2. The molecule has 0 radical (unpaired) electrons. The fourth-order valence-corrected chi connectivity index (χ4v) is 18.9. The van der Waals surface area contributed by atoms with Crippen molar-refractivity contribution in [3.63, 3.8) is 0 Å². The van der Waals surface area contributed by atoms with E-state index < -0.39 is 103 Å². The van der Waals surface area contributed by atoms with Crippen molar-refractivity contribution < 1.29 is 193 Å². The van der Waals surface area contributed by atoms with Gasteiger partial charge in [0.25, 0.3) is 29.5 Å². The number of quaternary nitrogens is 1. The molecule has 2 unspecified atom stereocenters. The van der Waals surface area contributed by atoms with Crippen molar-refractivity contribution in [2.24, 2.45) is 0 Å². The smallest absolute Gasteiger partial charge is 0.748 e. The van der Waals surface area contributed by atoms with Crippen LogP contribution in [-0.4, -0.2) is 259 Å². The van der Waals surface area contributed by atoms with Gasteiger partial charge < -0.3 is 102 Å². The molecule has 0 spiro atoms. The third-order valence-electron chi connectivity index (χ3n) is 21.2. The van der Waals surface area contributed by atoms with Gasteiger partial charge in [0, 0.05) is 82.8 Å². The van der Waals surface area contributed by atoms with E-state index in [4.69, 9.17) is 63.6 Å². The molecule has 3 aromatic heterocycles. The predicted molar refractivity (Wildman–Crippen MR) is 430 cm³/mol. The number of aliphatic hydroxyl groups excluding tert-OH is 4. The summed E-state index contributed by atoms with van der Waals surface area (Å²) in [7, 11) is -4.72. The van der Waals surface area contributed by atoms with Crippen LogP contribution in [0.2, 0.25) is 0 Å². The maximum absolute atomic E-state index is 14.5. The number of imide groups is 1. The molecule has 6 aliphatic rings. The van der Waals surface area contributed by atoms with Crippen LogP contribution in [0.5, 0.6) is 40.2 Å². The molecular weight excluding hydrogens is 1740 g/mol. The van der Waals surface area contributed by atoms with Gasteiger partial charge in [-0.3, -0.25) is 28.9 Å². The number of ether oxygens (including phenoxy) is 9. The summed E-state index contributed by atoms with van der Waals surface area (Å²) in [6.07, 6.45) is -1.26. The van der Waals surface area contributed by atoms with Crippen LogP contribution in [0.25, 0.3) is 0 Å². The van der Waals surface area contributed by atoms with Crippen molar-refractivity contribution in [3.8, 4) is 40.2 Å². The number of aliphatic hydroxyl groups is 4. The molecule has 43 heteroatoms. The Morgan fingerprint density at radius 3 is 1.88 bits per heavy atom. The average molecular weight is 1830 g/mol. The van der Waals surface area contributed by atoms with E-state index in [1.165, 1.54) is 89.8 Å². The van der Waals surface area contributed by atoms with Gasteiger partial charge in [0.05, 0.1) is 115 Å². The second-order valence-electron chi connectivity index (χ2n) is 30.2. The van der Waals surface area contributed by atoms with Crippen molar-refractivity contribution in [2.75, 3.05) is 88.1 Å². The molecule has 0 saturated carbocycles. The molecule has 4 N–H and O–H groups in total. The maximum atomic E-state index is 14.5. The first kappa shape index (κ1) is 96.3. The van der Waals surface area contributed by atoms with Crippen LogP contribution in [0.15, 0.2) is 126 Å². The van der Waals surface area contributed by atoms with Crippen LogP contribution < -0.4 is 91.2 Å². The Labute approximate surface area is 768 Å². The van der Waals surface area contributed by atoms with E-state index in [9.17, 15) is 65.8 Å². The number of fused-ring (bicyclic) bond motifs is 6. The van der Waals surface area contributed by atoms with E-state index in [0.717, 1.165) is 55.6 Å². The van der Waals surface area contributed by atoms with Gasteiger partial charge in [-0.05, 0) is 148 Å². The maximum Gasteiger partial charge on any atom is 1.00 e. The normalized spacial score (nSPS) is 19.6. The number of hydrogen-bond acceptors (Lipinski definition) is 32. The summed E-state index contributed by atoms with van der Waals surface area (Å²) in [4.78, 5) is 74.2. The minimum atomic E-state index is -5.12. The summed E-state index contributed by atoms with van der Waals surface area (Å²) in [5, 5.41) is 52.6. The number of thiophene rings is 2. The Balaban J connectivity index is 0.00000244. The molecule has 5 amide bonds. The summed E-state index contributed by atoms with van der Waals surface area (Å²) in [6.45, 7) is 2.06. The van der Waals surface area contributed by atoms with Crippen LogP contribution in [0.3, 0.4) is 0 Å². The number of rotatable bonds is 35. The number of nitrogens with zero attached hydrogens (tertiary/aromatic N) is 8. The standard InChI is InChI=1S/C81H90N8O25S4.2Na.O3S/c1-84(18-21-106-22-19-85-41-57(82-83-85)47-108-25-24-107-23-20-86-73(91)14-15-74(86)92)78(96)53-9-13-63(111-81-77(95)76(94)75(93)69(44-90)112-81)68(32-53)114-118(102,103)113-59-11-6-48(7-12-59)42-89(2,3)43-49-28-50(45-109-66-31-52-8-10-58-35-70-54(16-26-115-70)39-87(58)79(97)60(52)36-64(66)104-4)30-51(29-49)46-110-67-33-56-34-72(117(99,100)101)62-38-71-55(17-27-116-71)40-88(62)80(98)61(56)37-65(67)105-5;;;1-4(2)3/h6-7,9-17,26-33,36-37,41,58,62,69,72,75-77,81,90,93-95H,8,18-25,34-35,38-40,42-47H2,1-5H3,(H,99,100,101);;;/q;2*+1;/p-1/t58-,62+,69-,72?,75+,76+,77-,81?;;;/m1.../s1. The van der Waals surface area contributed by atoms with Crippen LogP contribution in [-0.2, 0) is 138 Å². The molecule has 36 nitrogen and oxygen atoms in total. The number of amides is 5. The van der Waals surface area contributed by atoms with Crippen molar-refractivity contribution in [1.82, 2.24) is 34.6 Å². The van der Waals surface area contributed by atoms with Gasteiger partial charge in [0.2, 0.25) is 6.29 Å². The Bertz CT molecular complexity index is 5560. The zero-order valence-electron chi connectivity index (χ0n) is 68.7. The number of aromatic nitrogens is 3. The molecule has 6 aliphatic heterocycles. The minimum Gasteiger partial charge on any atom is -0.748 e. The van der Waals surface area contributed by atoms with Gasteiger partial charge in [-0.25, -0.2) is 13.1 Å². The molecular formula is C81H89N8Na2O28S5+. The fourth-order valence-electron chi connectivity index (χ4n) is 15.2. The van der Waals surface area contributed by atoms with Crippen LogP contribution in [0.4, 0.5) is 0 Å². The van der Waals surface area contributed by atoms with Gasteiger partial charge in [-0.2, -0.15) is 6.42 Å². The van der Waals surface area contributed by atoms with Crippen LogP contribution >= 0.6 is 22.7 Å². The molecule has 8 aromatic rings. The SMILES string of the molecule is COc1cc2c(cc1OCc1cc(COc3cc4c(cc3OC)C(=O)N3Cc5ccsc5C[C@H]3C(S(=O)(=O)[O-])C4)cc(C[N+](C)(C)Cc3ccc(OS(=O)(=O)Oc4cc(C(=O)N(C)CCOCCn5cc(COCCOCCN6C(=O)C=CC6=O)nn5)ccc4OC4O[C@H](CO)[C@H](O)[C@H](O)[C@H]4O)cc3)c1)C[CH-][C@@H]1Cc3sccc3CN1C2=O.O=S(=O)=O.[Na+].[Na+]. The first-order valence-corrected chi connectivity index (χ1v) is 44.0. The van der Waals surface area contributed by atoms with E-state index in [1.54, 1.807) is 46.5 Å². The number of methoxy groups -OCH3 is 2. The van der Waals surface area contributed by atoms with Gasteiger partial charge in [-0.1, -0.05) is 16.8 Å². The van der Waals surface area contributed by atoms with Crippen molar-refractivity contribution in [1.29, 1.82) is 0 Å². The van der Waals surface area contributed by atoms with Gasteiger partial charge >= 0.3 is 80.1 Å². The first-order valence-electron chi connectivity index (χ1n) is 38.5. The number of benzene rings is 5. The van der Waals surface area contributed by atoms with Crippen molar-refractivity contribution in [2.45, 2.75) is 126 Å². The van der Waals surface area contributed by atoms with E-state index in [-0.39, 0.29) is 197 Å². The molecule has 5 aromatic carbocycles. The zero-order chi connectivity index (χ0) is 86.9. The summed E-state index contributed by atoms with van der Waals surface area (Å²) in [5.41, 5.74) is 7.31. The van der Waals surface area contributed by atoms with Gasteiger partial charge in [-0.15, -0.1) is 48.8 Å². The van der Waals surface area contributed by atoms with Crippen LogP contribution in [0.1, 0.15) is 91.0 Å². The van der Waals surface area contributed by atoms with Crippen molar-refractivity contribution >= 4 is 83.3 Å². The summed E-state index contributed by atoms with van der Waals surface area (Å²) in [6, 6.07) is 25.3. The number of likely N-dealkylation sites (N-methyl/N-ethyl adjacent to an activating group) is 1. The molecule has 1 fully saturated rings. The molecule has 652 valence electrons. The Morgan fingerprint density at radius 1 is 0.645 bits per heavy atom. The van der Waals surface area contributed by atoms with E-state index >= 15 is 0 Å². The third kappa shape index (κ3) is 23.9. The van der Waals surface area contributed by atoms with Gasteiger partial charge in [0.15, 0.2) is 34.5 Å². The number of carbonyl (C=O) groups is 5. The number of hydrogen-bond donors (Lipinski definition) is 4. The number of carbonyl (C=O) groups excluding carboxylic acids is 5. The Hall–Kier alpha value is -8.35. The quantitative estimate of drug-likeness (QED) is 0.00821. The Morgan fingerprint density at radius 2 is 1.23 bits per heavy atom. The predicted octanol–water partition coefficient (Wildman–Crippen LogP) is -2.15. The summed E-state index contributed by atoms with van der Waals surface area (Å²) in [5.74, 6) is -1.93. The molecule has 14 rings (SSSR count). The summed E-state index contributed by atoms with van der Waals surface area (Å²) >= 11 is 3.15. The summed E-state index contributed by atoms with van der Waals surface area (Å²) < 4.78 is 159. The van der Waals surface area contributed by atoms with E-state index in [1.807, 2.05) is 54.7 Å². The average Bonchev–Trinajstić information content (AvgIpc) is 1.61. The monoisotopic (exact) mass is 1830 g/mol. The topological polar surface area (TPSA) is 454 Å². The van der Waals surface area contributed by atoms with E-state index in [2.05, 4.69) is 28.2 Å². The minimum absolute atomic E-state index is 0. The second-order valence-corrected chi connectivity index (χ2v) is 35.3. The molecule has 124 heavy (non-hydrogen) atoms. The zero-order valence-corrected chi connectivity index (χ0v) is 76.8. The van der Waals surface area contributed by atoms with Crippen molar-refractivity contribution in [3.05, 3.63) is 209 Å². The van der Waals surface area contributed by atoms with Gasteiger partial charge in [0.1, 0.15) is 62.2 Å². The first-order chi connectivity index (χ1) is 58.3. The molecule has 0 aliphatic carbocycles. The largest absolute Gasteiger partial charge is 1.00 e. The van der Waals surface area contributed by atoms with E-state index in [0.29, 0.717) is 71.0 Å². The Kier molecular flexibility index (Phi) is 33.0. The molecule has 0 bridgehead atoms. The fraction of sp³-hybridized carbons (Fsp3) is 0.407. The molecule has 8 atom stereocenters. The van der Waals surface area contributed by atoms with Crippen LogP contribution in [0, 0.1) is 6.42 Å². The molecule has 1 saturated heterocycles.